The second-order valence-electron chi connectivity index (χ2n) is 7.86. The van der Waals surface area contributed by atoms with Crippen LogP contribution in [0.25, 0.3) is 0 Å². The van der Waals surface area contributed by atoms with Gasteiger partial charge in [0.05, 0.1) is 16.5 Å². The molecule has 2 aliphatic rings. The zero-order valence-corrected chi connectivity index (χ0v) is 19.7. The fourth-order valence-corrected chi connectivity index (χ4v) is 6.07. The van der Waals surface area contributed by atoms with Gasteiger partial charge < -0.3 is 10.2 Å². The molecule has 2 aromatic carbocycles. The Kier molecular flexibility index (Phi) is 7.09. The number of sulfonamides is 1. The van der Waals surface area contributed by atoms with Crippen molar-refractivity contribution in [1.29, 1.82) is 0 Å². The van der Waals surface area contributed by atoms with E-state index < -0.39 is 15.9 Å². The third-order valence-electron chi connectivity index (χ3n) is 5.62. The first kappa shape index (κ1) is 23.1. The van der Waals surface area contributed by atoms with Gasteiger partial charge in [-0.3, -0.25) is 9.59 Å². The van der Waals surface area contributed by atoms with E-state index in [2.05, 4.69) is 10.0 Å². The molecule has 1 fully saturated rings. The van der Waals surface area contributed by atoms with Crippen molar-refractivity contribution in [2.75, 3.05) is 24.2 Å². The van der Waals surface area contributed by atoms with E-state index in [9.17, 15) is 18.0 Å². The zero-order valence-electron chi connectivity index (χ0n) is 17.3. The molecule has 2 aromatic rings. The predicted molar refractivity (Wildman–Crippen MR) is 125 cm³/mol. The van der Waals surface area contributed by atoms with Gasteiger partial charge in [0.25, 0.3) is 0 Å². The Morgan fingerprint density at radius 1 is 1.19 bits per heavy atom. The average molecular weight is 494 g/mol. The topological polar surface area (TPSA) is 95.6 Å². The maximum Gasteiger partial charge on any atom is 0.240 e. The molecule has 2 amide bonds. The highest BCUT2D eigenvalue weighted by atomic mass is 35.5. The molecule has 32 heavy (non-hydrogen) atoms. The first-order valence-electron chi connectivity index (χ1n) is 10.4. The van der Waals surface area contributed by atoms with Crippen LogP contribution in [0.5, 0.6) is 0 Å². The minimum atomic E-state index is -3.81. The smallest absolute Gasteiger partial charge is 0.240 e. The number of amides is 2. The number of anilines is 1. The van der Waals surface area contributed by atoms with Crippen LogP contribution in [0.2, 0.25) is 5.02 Å². The molecule has 7 nitrogen and oxygen atoms in total. The van der Waals surface area contributed by atoms with E-state index in [4.69, 9.17) is 11.6 Å². The van der Waals surface area contributed by atoms with Crippen LogP contribution < -0.4 is 10.0 Å². The number of thioether (sulfide) groups is 1. The van der Waals surface area contributed by atoms with Gasteiger partial charge in [-0.15, -0.1) is 11.8 Å². The van der Waals surface area contributed by atoms with Gasteiger partial charge in [0.1, 0.15) is 0 Å². The minimum absolute atomic E-state index is 0.00115. The molecule has 0 aromatic heterocycles. The van der Waals surface area contributed by atoms with Gasteiger partial charge in [-0.1, -0.05) is 29.8 Å². The van der Waals surface area contributed by atoms with Gasteiger partial charge in [0.15, 0.2) is 0 Å². The first-order valence-corrected chi connectivity index (χ1v) is 13.3. The molecule has 1 atom stereocenters. The molecular formula is C22H24ClN3O4S2. The number of hydrogen-bond donors (Lipinski definition) is 2. The highest BCUT2D eigenvalue weighted by Crippen LogP contribution is 2.35. The van der Waals surface area contributed by atoms with Crippen molar-refractivity contribution in [1.82, 2.24) is 9.62 Å². The highest BCUT2D eigenvalue weighted by molar-refractivity contribution is 7.99. The fraction of sp³-hybridized carbons (Fsp3) is 0.364. The number of rotatable bonds is 6. The van der Waals surface area contributed by atoms with Crippen molar-refractivity contribution in [3.63, 3.8) is 0 Å². The zero-order chi connectivity index (χ0) is 22.7. The second kappa shape index (κ2) is 9.82. The average Bonchev–Trinajstić information content (AvgIpc) is 3.26. The van der Waals surface area contributed by atoms with Crippen LogP contribution in [0.1, 0.15) is 24.8 Å². The number of likely N-dealkylation sites (tertiary alicyclic amines) is 1. The minimum Gasteiger partial charge on any atom is -0.343 e. The molecule has 0 radical (unpaired) electrons. The Balaban J connectivity index is 1.45. The van der Waals surface area contributed by atoms with E-state index in [0.29, 0.717) is 22.0 Å². The Morgan fingerprint density at radius 2 is 1.94 bits per heavy atom. The number of benzene rings is 2. The summed E-state index contributed by atoms with van der Waals surface area (Å²) < 4.78 is 28.2. The lowest BCUT2D eigenvalue weighted by Crippen LogP contribution is -2.33. The van der Waals surface area contributed by atoms with Crippen LogP contribution in [0.3, 0.4) is 0 Å². The largest absolute Gasteiger partial charge is 0.343 e. The van der Waals surface area contributed by atoms with Crippen molar-refractivity contribution in [2.24, 2.45) is 5.92 Å². The lowest BCUT2D eigenvalue weighted by atomic mass is 10.1. The number of nitrogens with zero attached hydrogens (tertiary/aromatic N) is 1. The lowest BCUT2D eigenvalue weighted by molar-refractivity contribution is -0.133. The van der Waals surface area contributed by atoms with E-state index >= 15 is 0 Å². The van der Waals surface area contributed by atoms with Gasteiger partial charge in [-0.05, 0) is 42.7 Å². The summed E-state index contributed by atoms with van der Waals surface area (Å²) in [5, 5.41) is 3.30. The molecule has 0 saturated carbocycles. The standard InChI is InChI=1S/C22H24ClN3O4S2/c23-18-6-2-1-5-15(18)13-24-32(29,30)17-7-8-20-19(12-17)25-22(28)16(14-31-20)11-21(27)26-9-3-4-10-26/h1-2,5-8,12,16,24H,3-4,9-11,13-14H2,(H,25,28)/t16-/m1/s1. The Labute approximate surface area is 196 Å². The first-order chi connectivity index (χ1) is 15.3. The maximum absolute atomic E-state index is 12.8. The number of hydrogen-bond acceptors (Lipinski definition) is 5. The fourth-order valence-electron chi connectivity index (χ4n) is 3.76. The Morgan fingerprint density at radius 3 is 2.69 bits per heavy atom. The van der Waals surface area contributed by atoms with Crippen LogP contribution in [-0.2, 0) is 26.2 Å². The van der Waals surface area contributed by atoms with E-state index in [-0.39, 0.29) is 29.7 Å². The number of nitrogens with one attached hydrogen (secondary N) is 2. The number of fused-ring (bicyclic) bond motifs is 1. The van der Waals surface area contributed by atoms with E-state index in [0.717, 1.165) is 30.8 Å². The molecule has 2 heterocycles. The lowest BCUT2D eigenvalue weighted by Gasteiger charge is -2.18. The van der Waals surface area contributed by atoms with Crippen LogP contribution in [0.15, 0.2) is 52.3 Å². The third-order valence-corrected chi connectivity index (χ3v) is 8.62. The number of carbonyl (C=O) groups is 2. The monoisotopic (exact) mass is 493 g/mol. The van der Waals surface area contributed by atoms with Gasteiger partial charge in [0.2, 0.25) is 21.8 Å². The summed E-state index contributed by atoms with van der Waals surface area (Å²) in [7, 11) is -3.81. The molecular weight excluding hydrogens is 470 g/mol. The number of carbonyl (C=O) groups excluding carboxylic acids is 2. The Hall–Kier alpha value is -2.07. The second-order valence-corrected chi connectivity index (χ2v) is 11.1. The summed E-state index contributed by atoms with van der Waals surface area (Å²) in [6.45, 7) is 1.56. The normalized spacial score (nSPS) is 18.7. The SMILES string of the molecule is O=C1Nc2cc(S(=O)(=O)NCc3ccccc3Cl)ccc2SC[C@H]1CC(=O)N1CCCC1. The summed E-state index contributed by atoms with van der Waals surface area (Å²) in [5.74, 6) is -0.252. The van der Waals surface area contributed by atoms with Crippen molar-refractivity contribution >= 4 is 50.9 Å². The van der Waals surface area contributed by atoms with E-state index in [1.165, 1.54) is 23.9 Å². The van der Waals surface area contributed by atoms with Gasteiger partial charge in [0, 0.05) is 41.7 Å². The summed E-state index contributed by atoms with van der Waals surface area (Å²) in [5.41, 5.74) is 1.11. The third kappa shape index (κ3) is 5.28. The molecule has 0 aliphatic carbocycles. The Bertz CT molecular complexity index is 1130. The predicted octanol–water partition coefficient (Wildman–Crippen LogP) is 3.49. The van der Waals surface area contributed by atoms with Crippen LogP contribution >= 0.6 is 23.4 Å². The summed E-state index contributed by atoms with van der Waals surface area (Å²) in [4.78, 5) is 27.9. The quantitative estimate of drug-likeness (QED) is 0.642. The van der Waals surface area contributed by atoms with Crippen molar-refractivity contribution < 1.29 is 18.0 Å². The maximum atomic E-state index is 12.8. The highest BCUT2D eigenvalue weighted by Gasteiger charge is 2.30. The molecule has 4 rings (SSSR count). The van der Waals surface area contributed by atoms with Gasteiger partial charge in [-0.25, -0.2) is 13.1 Å². The molecule has 0 spiro atoms. The van der Waals surface area contributed by atoms with Crippen molar-refractivity contribution in [3.05, 3.63) is 53.1 Å². The molecule has 170 valence electrons. The summed E-state index contributed by atoms with van der Waals surface area (Å²) in [6, 6.07) is 11.7. The van der Waals surface area contributed by atoms with E-state index in [1.54, 1.807) is 30.3 Å². The molecule has 2 aliphatic heterocycles. The molecule has 0 unspecified atom stereocenters. The van der Waals surface area contributed by atoms with Crippen LogP contribution in [-0.4, -0.2) is 44.0 Å². The molecule has 1 saturated heterocycles. The van der Waals surface area contributed by atoms with Gasteiger partial charge in [-0.2, -0.15) is 0 Å². The van der Waals surface area contributed by atoms with Crippen LogP contribution in [0, 0.1) is 5.92 Å². The van der Waals surface area contributed by atoms with Crippen molar-refractivity contribution in [3.8, 4) is 0 Å². The van der Waals surface area contributed by atoms with E-state index in [1.807, 2.05) is 4.90 Å². The van der Waals surface area contributed by atoms with Crippen molar-refractivity contribution in [2.45, 2.75) is 35.6 Å². The summed E-state index contributed by atoms with van der Waals surface area (Å²) in [6.07, 6.45) is 2.17. The molecule has 2 N–H and O–H groups in total. The number of halogens is 1. The molecule has 0 bridgehead atoms. The van der Waals surface area contributed by atoms with Crippen LogP contribution in [0.4, 0.5) is 5.69 Å². The molecule has 10 heteroatoms. The summed E-state index contributed by atoms with van der Waals surface area (Å²) >= 11 is 7.56. The van der Waals surface area contributed by atoms with Gasteiger partial charge >= 0.3 is 0 Å².